The number of amides is 1. The van der Waals surface area contributed by atoms with Crippen molar-refractivity contribution >= 4 is 27.7 Å². The first-order valence-corrected chi connectivity index (χ1v) is 11.6. The van der Waals surface area contributed by atoms with Crippen LogP contribution in [-0.4, -0.2) is 18.2 Å². The molecule has 0 aliphatic heterocycles. The van der Waals surface area contributed by atoms with Crippen molar-refractivity contribution in [3.05, 3.63) is 88.9 Å². The maximum atomic E-state index is 12.6. The van der Waals surface area contributed by atoms with E-state index >= 15 is 0 Å². The van der Waals surface area contributed by atoms with Crippen molar-refractivity contribution in [1.29, 1.82) is 0 Å². The highest BCUT2D eigenvalue weighted by atomic mass is 79.9. The highest BCUT2D eigenvalue weighted by molar-refractivity contribution is 9.10. The van der Waals surface area contributed by atoms with Gasteiger partial charge in [0.1, 0.15) is 6.10 Å². The lowest BCUT2D eigenvalue weighted by atomic mass is 9.93. The molecule has 0 unspecified atom stereocenters. The molecule has 31 heavy (non-hydrogen) atoms. The van der Waals surface area contributed by atoms with E-state index < -0.39 is 6.09 Å². The molecular weight excluding hydrogens is 452 g/mol. The van der Waals surface area contributed by atoms with Crippen LogP contribution in [0, 0.1) is 0 Å². The van der Waals surface area contributed by atoms with Gasteiger partial charge in [0, 0.05) is 22.6 Å². The third-order valence-corrected chi connectivity index (χ3v) is 6.18. The number of carbonyl (C=O) groups is 1. The largest absolute Gasteiger partial charge is 0.446 e. The molecule has 1 aliphatic rings. The monoisotopic (exact) mass is 478 g/mol. The van der Waals surface area contributed by atoms with Gasteiger partial charge in [-0.1, -0.05) is 82.7 Å². The van der Waals surface area contributed by atoms with Crippen LogP contribution in [0.15, 0.2) is 83.3 Å². The molecule has 0 heterocycles. The zero-order chi connectivity index (χ0) is 21.5. The average Bonchev–Trinajstić information content (AvgIpc) is 2.80. The first-order valence-electron chi connectivity index (χ1n) is 10.8. The van der Waals surface area contributed by atoms with Crippen LogP contribution < -0.4 is 10.6 Å². The molecule has 5 heteroatoms. The molecule has 3 aromatic rings. The molecule has 0 atom stereocenters. The van der Waals surface area contributed by atoms with E-state index in [1.807, 2.05) is 54.6 Å². The number of rotatable bonds is 6. The Morgan fingerprint density at radius 1 is 0.903 bits per heavy atom. The molecule has 0 radical (unpaired) electrons. The molecular formula is C26H27BrN2O2. The molecule has 1 amide bonds. The molecule has 1 saturated carbocycles. The molecule has 0 spiro atoms. The second-order valence-corrected chi connectivity index (χ2v) is 8.84. The quantitative estimate of drug-likeness (QED) is 0.411. The van der Waals surface area contributed by atoms with Gasteiger partial charge in [-0.25, -0.2) is 4.79 Å². The Hall–Kier alpha value is -2.63. The fourth-order valence-corrected chi connectivity index (χ4v) is 4.38. The van der Waals surface area contributed by atoms with E-state index in [1.54, 1.807) is 0 Å². The zero-order valence-electron chi connectivity index (χ0n) is 17.4. The Bertz CT molecular complexity index is 987. The van der Waals surface area contributed by atoms with Crippen LogP contribution in [0.25, 0.3) is 11.1 Å². The molecule has 4 nitrogen and oxygen atoms in total. The normalized spacial score (nSPS) is 18.4. The third kappa shape index (κ3) is 6.18. The summed E-state index contributed by atoms with van der Waals surface area (Å²) < 4.78 is 6.65. The lowest BCUT2D eigenvalue weighted by molar-refractivity contribution is 0.0791. The zero-order valence-corrected chi connectivity index (χ0v) is 19.0. The standard InChI is InChI=1S/C26H27BrN2O2/c27-21-11-16-24(20-9-5-2-6-10-20)25(17-21)29-26(30)31-23-14-12-22(13-15-23)28-18-19-7-3-1-4-8-19/h1-11,16-17,22-23,28H,12-15,18H2,(H,29,30). The van der Waals surface area contributed by atoms with Gasteiger partial charge in [-0.3, -0.25) is 5.32 Å². The van der Waals surface area contributed by atoms with Crippen molar-refractivity contribution < 1.29 is 9.53 Å². The number of ether oxygens (including phenoxy) is 1. The van der Waals surface area contributed by atoms with Crippen molar-refractivity contribution in [3.8, 4) is 11.1 Å². The Morgan fingerprint density at radius 2 is 1.58 bits per heavy atom. The third-order valence-electron chi connectivity index (χ3n) is 5.69. The van der Waals surface area contributed by atoms with Gasteiger partial charge in [0.2, 0.25) is 0 Å². The molecule has 3 aromatic carbocycles. The van der Waals surface area contributed by atoms with Crippen molar-refractivity contribution in [2.75, 3.05) is 5.32 Å². The Balaban J connectivity index is 1.29. The lowest BCUT2D eigenvalue weighted by Crippen LogP contribution is -2.36. The predicted octanol–water partition coefficient (Wildman–Crippen LogP) is 6.77. The van der Waals surface area contributed by atoms with E-state index in [0.29, 0.717) is 6.04 Å². The van der Waals surface area contributed by atoms with Gasteiger partial charge in [0.05, 0.1) is 5.69 Å². The van der Waals surface area contributed by atoms with E-state index in [9.17, 15) is 4.79 Å². The highest BCUT2D eigenvalue weighted by Crippen LogP contribution is 2.31. The molecule has 0 aromatic heterocycles. The summed E-state index contributed by atoms with van der Waals surface area (Å²) in [6.07, 6.45) is 3.35. The van der Waals surface area contributed by atoms with Crippen LogP contribution in [-0.2, 0) is 11.3 Å². The van der Waals surface area contributed by atoms with E-state index in [2.05, 4.69) is 50.8 Å². The van der Waals surface area contributed by atoms with Gasteiger partial charge in [0.25, 0.3) is 0 Å². The number of nitrogens with one attached hydrogen (secondary N) is 2. The summed E-state index contributed by atoms with van der Waals surface area (Å²) in [5.74, 6) is 0. The molecule has 4 rings (SSSR count). The smallest absolute Gasteiger partial charge is 0.411 e. The fraction of sp³-hybridized carbons (Fsp3) is 0.269. The van der Waals surface area contributed by atoms with Crippen LogP contribution in [0.5, 0.6) is 0 Å². The molecule has 1 aliphatic carbocycles. The maximum absolute atomic E-state index is 12.6. The van der Waals surface area contributed by atoms with Crippen LogP contribution in [0.4, 0.5) is 10.5 Å². The van der Waals surface area contributed by atoms with E-state index in [1.165, 1.54) is 5.56 Å². The first kappa shape index (κ1) is 21.6. The Kier molecular flexibility index (Phi) is 7.39. The van der Waals surface area contributed by atoms with Crippen LogP contribution in [0.3, 0.4) is 0 Å². The summed E-state index contributed by atoms with van der Waals surface area (Å²) in [7, 11) is 0. The number of carbonyl (C=O) groups excluding carboxylic acids is 1. The molecule has 0 bridgehead atoms. The Morgan fingerprint density at radius 3 is 2.29 bits per heavy atom. The van der Waals surface area contributed by atoms with Crippen LogP contribution in [0.1, 0.15) is 31.2 Å². The fourth-order valence-electron chi connectivity index (χ4n) is 4.02. The van der Waals surface area contributed by atoms with Crippen LogP contribution >= 0.6 is 15.9 Å². The number of hydrogen-bond donors (Lipinski definition) is 2. The summed E-state index contributed by atoms with van der Waals surface area (Å²) in [5.41, 5.74) is 4.05. The van der Waals surface area contributed by atoms with Gasteiger partial charge < -0.3 is 10.1 Å². The van der Waals surface area contributed by atoms with Crippen molar-refractivity contribution in [1.82, 2.24) is 5.32 Å². The number of anilines is 1. The summed E-state index contributed by atoms with van der Waals surface area (Å²) in [4.78, 5) is 12.6. The second-order valence-electron chi connectivity index (χ2n) is 7.93. The number of halogens is 1. The van der Waals surface area contributed by atoms with Crippen molar-refractivity contribution in [3.63, 3.8) is 0 Å². The van der Waals surface area contributed by atoms with Gasteiger partial charge in [-0.2, -0.15) is 0 Å². The summed E-state index contributed by atoms with van der Waals surface area (Å²) in [6, 6.07) is 26.8. The summed E-state index contributed by atoms with van der Waals surface area (Å²) in [5, 5.41) is 6.57. The first-order chi connectivity index (χ1) is 15.2. The SMILES string of the molecule is O=C(Nc1cc(Br)ccc1-c1ccccc1)OC1CCC(NCc2ccccc2)CC1. The minimum atomic E-state index is -0.393. The van der Waals surface area contributed by atoms with E-state index in [4.69, 9.17) is 4.74 Å². The second kappa shape index (κ2) is 10.6. The Labute approximate surface area is 192 Å². The summed E-state index contributed by atoms with van der Waals surface area (Å²) >= 11 is 3.50. The van der Waals surface area contributed by atoms with Gasteiger partial charge in [-0.05, 0) is 48.9 Å². The van der Waals surface area contributed by atoms with E-state index in [0.717, 1.165) is 53.5 Å². The molecule has 0 saturated heterocycles. The topological polar surface area (TPSA) is 50.4 Å². The number of benzene rings is 3. The van der Waals surface area contributed by atoms with Crippen molar-refractivity contribution in [2.45, 2.75) is 44.4 Å². The van der Waals surface area contributed by atoms with Crippen molar-refractivity contribution in [2.24, 2.45) is 0 Å². The van der Waals surface area contributed by atoms with E-state index in [-0.39, 0.29) is 6.10 Å². The van der Waals surface area contributed by atoms with Gasteiger partial charge in [0.15, 0.2) is 0 Å². The van der Waals surface area contributed by atoms with Gasteiger partial charge >= 0.3 is 6.09 Å². The number of hydrogen-bond acceptors (Lipinski definition) is 3. The molecule has 2 N–H and O–H groups in total. The molecule has 160 valence electrons. The molecule has 1 fully saturated rings. The minimum Gasteiger partial charge on any atom is -0.446 e. The summed E-state index contributed by atoms with van der Waals surface area (Å²) in [6.45, 7) is 0.878. The minimum absolute atomic E-state index is 0.0397. The predicted molar refractivity (Wildman–Crippen MR) is 129 cm³/mol. The maximum Gasteiger partial charge on any atom is 0.411 e. The van der Waals surface area contributed by atoms with Gasteiger partial charge in [-0.15, -0.1) is 0 Å². The average molecular weight is 479 g/mol. The lowest BCUT2D eigenvalue weighted by Gasteiger charge is -2.29. The highest BCUT2D eigenvalue weighted by Gasteiger charge is 2.24. The van der Waals surface area contributed by atoms with Crippen LogP contribution in [0.2, 0.25) is 0 Å².